The Bertz CT molecular complexity index is 533. The van der Waals surface area contributed by atoms with E-state index in [0.717, 1.165) is 31.5 Å². The van der Waals surface area contributed by atoms with E-state index in [1.807, 2.05) is 0 Å². The monoisotopic (exact) mass is 464 g/mol. The molecule has 0 bridgehead atoms. The van der Waals surface area contributed by atoms with Crippen molar-refractivity contribution in [3.8, 4) is 0 Å². The van der Waals surface area contributed by atoms with Crippen LogP contribution < -0.4 is 5.32 Å². The molecule has 1 amide bonds. The first kappa shape index (κ1) is 21.2. The number of carbonyl (C=O) groups is 1. The predicted molar refractivity (Wildman–Crippen MR) is 112 cm³/mol. The molecule has 1 aliphatic rings. The van der Waals surface area contributed by atoms with Gasteiger partial charge in [0.1, 0.15) is 6.54 Å². The van der Waals surface area contributed by atoms with Crippen molar-refractivity contribution in [3.63, 3.8) is 0 Å². The third-order valence-electron chi connectivity index (χ3n) is 4.50. The molecule has 0 saturated carbocycles. The van der Waals surface area contributed by atoms with E-state index in [1.165, 1.54) is 11.3 Å². The molecule has 0 aromatic carbocycles. The lowest BCUT2D eigenvalue weighted by molar-refractivity contribution is -0.127. The van der Waals surface area contributed by atoms with Crippen molar-refractivity contribution in [3.05, 3.63) is 22.4 Å². The van der Waals surface area contributed by atoms with Crippen LogP contribution >= 0.6 is 35.3 Å². The molecule has 2 atom stereocenters. The third kappa shape index (κ3) is 6.23. The molecule has 24 heavy (non-hydrogen) atoms. The molecule has 0 spiro atoms. The number of nitrogens with zero attached hydrogens (tertiary/aromatic N) is 3. The summed E-state index contributed by atoms with van der Waals surface area (Å²) in [6.45, 7) is 7.55. The van der Waals surface area contributed by atoms with E-state index >= 15 is 0 Å². The lowest BCUT2D eigenvalue weighted by Crippen LogP contribution is -2.48. The highest BCUT2D eigenvalue weighted by atomic mass is 127. The summed E-state index contributed by atoms with van der Waals surface area (Å²) in [7, 11) is 3.53. The van der Waals surface area contributed by atoms with Crippen LogP contribution in [-0.2, 0) is 11.3 Å². The number of aliphatic imine (C=N–C) groups is 1. The van der Waals surface area contributed by atoms with Gasteiger partial charge in [0.2, 0.25) is 5.91 Å². The van der Waals surface area contributed by atoms with Crippen LogP contribution in [0.3, 0.4) is 0 Å². The minimum absolute atomic E-state index is 0. The Morgan fingerprint density at radius 1 is 1.42 bits per heavy atom. The van der Waals surface area contributed by atoms with Crippen LogP contribution in [0.15, 0.2) is 22.5 Å². The van der Waals surface area contributed by atoms with Crippen molar-refractivity contribution < 1.29 is 4.79 Å². The molecule has 1 N–H and O–H groups in total. The predicted octanol–water partition coefficient (Wildman–Crippen LogP) is 2.88. The Morgan fingerprint density at radius 2 is 2.17 bits per heavy atom. The highest BCUT2D eigenvalue weighted by Crippen LogP contribution is 2.22. The fraction of sp³-hybridized carbons (Fsp3) is 0.647. The topological polar surface area (TPSA) is 47.9 Å². The summed E-state index contributed by atoms with van der Waals surface area (Å²) in [6, 6.07) is 4.17. The van der Waals surface area contributed by atoms with Gasteiger partial charge in [-0.25, -0.2) is 4.99 Å². The van der Waals surface area contributed by atoms with Crippen LogP contribution in [0.25, 0.3) is 0 Å². The molecule has 136 valence electrons. The number of likely N-dealkylation sites (tertiary alicyclic amines) is 1. The SMILES string of the molecule is CC1CCN(C(=NCC(=O)N(C)C)NCc2cccs2)CC1C.I. The number of hydrogen-bond acceptors (Lipinski definition) is 3. The third-order valence-corrected chi connectivity index (χ3v) is 5.37. The Balaban J connectivity index is 0.00000288. The molecule has 7 heteroatoms. The zero-order valence-corrected chi connectivity index (χ0v) is 18.1. The van der Waals surface area contributed by atoms with Crippen LogP contribution in [-0.4, -0.2) is 55.4 Å². The number of thiophene rings is 1. The molecular formula is C17H29IN4OS. The van der Waals surface area contributed by atoms with Crippen molar-refractivity contribution in [2.24, 2.45) is 16.8 Å². The fourth-order valence-electron chi connectivity index (χ4n) is 2.59. The van der Waals surface area contributed by atoms with Crippen molar-refractivity contribution >= 4 is 47.2 Å². The zero-order valence-electron chi connectivity index (χ0n) is 15.0. The van der Waals surface area contributed by atoms with E-state index in [-0.39, 0.29) is 36.4 Å². The molecule has 1 aliphatic heterocycles. The van der Waals surface area contributed by atoms with Gasteiger partial charge in [-0.1, -0.05) is 19.9 Å². The summed E-state index contributed by atoms with van der Waals surface area (Å²) in [5.41, 5.74) is 0. The maximum atomic E-state index is 11.9. The maximum Gasteiger partial charge on any atom is 0.243 e. The molecule has 1 saturated heterocycles. The largest absolute Gasteiger partial charge is 0.351 e. The maximum absolute atomic E-state index is 11.9. The molecule has 0 aliphatic carbocycles. The minimum atomic E-state index is 0. The smallest absolute Gasteiger partial charge is 0.243 e. The molecule has 0 radical (unpaired) electrons. The minimum Gasteiger partial charge on any atom is -0.351 e. The average molecular weight is 464 g/mol. The first-order valence-corrected chi connectivity index (χ1v) is 9.11. The molecule has 1 fully saturated rings. The molecular weight excluding hydrogens is 435 g/mol. The molecule has 2 unspecified atom stereocenters. The molecule has 2 heterocycles. The van der Waals surface area contributed by atoms with Crippen molar-refractivity contribution in [1.82, 2.24) is 15.1 Å². The van der Waals surface area contributed by atoms with E-state index in [0.29, 0.717) is 5.92 Å². The number of rotatable bonds is 4. The van der Waals surface area contributed by atoms with E-state index in [4.69, 9.17) is 0 Å². The second-order valence-electron chi connectivity index (χ2n) is 6.55. The van der Waals surface area contributed by atoms with Gasteiger partial charge in [0.05, 0.1) is 6.54 Å². The normalized spacial score (nSPS) is 21.2. The lowest BCUT2D eigenvalue weighted by Gasteiger charge is -2.37. The van der Waals surface area contributed by atoms with Gasteiger partial charge < -0.3 is 15.1 Å². The molecule has 2 rings (SSSR count). The lowest BCUT2D eigenvalue weighted by atomic mass is 9.89. The Kier molecular flexibility index (Phi) is 9.04. The summed E-state index contributed by atoms with van der Waals surface area (Å²) >= 11 is 1.73. The quantitative estimate of drug-likeness (QED) is 0.424. The zero-order chi connectivity index (χ0) is 16.8. The van der Waals surface area contributed by atoms with E-state index < -0.39 is 0 Å². The van der Waals surface area contributed by atoms with E-state index in [9.17, 15) is 4.79 Å². The molecule has 1 aromatic rings. The first-order chi connectivity index (χ1) is 11.0. The van der Waals surface area contributed by atoms with Gasteiger partial charge in [-0.15, -0.1) is 35.3 Å². The van der Waals surface area contributed by atoms with Crippen LogP contribution in [0.1, 0.15) is 25.1 Å². The van der Waals surface area contributed by atoms with E-state index in [2.05, 4.69) is 46.6 Å². The number of carbonyl (C=O) groups excluding carboxylic acids is 1. The summed E-state index contributed by atoms with van der Waals surface area (Å²) < 4.78 is 0. The number of nitrogens with one attached hydrogen (secondary N) is 1. The summed E-state index contributed by atoms with van der Waals surface area (Å²) in [5, 5.41) is 5.51. The van der Waals surface area contributed by atoms with Crippen LogP contribution in [0.5, 0.6) is 0 Å². The van der Waals surface area contributed by atoms with Gasteiger partial charge in [0, 0.05) is 32.1 Å². The van der Waals surface area contributed by atoms with Gasteiger partial charge in [0.25, 0.3) is 0 Å². The summed E-state index contributed by atoms with van der Waals surface area (Å²) in [6.07, 6.45) is 1.17. The number of halogens is 1. The highest BCUT2D eigenvalue weighted by molar-refractivity contribution is 14.0. The number of piperidine rings is 1. The van der Waals surface area contributed by atoms with Crippen molar-refractivity contribution in [2.75, 3.05) is 33.7 Å². The van der Waals surface area contributed by atoms with Gasteiger partial charge in [0.15, 0.2) is 5.96 Å². The Labute approximate surface area is 166 Å². The average Bonchev–Trinajstić information content (AvgIpc) is 3.03. The molecule has 5 nitrogen and oxygen atoms in total. The standard InChI is InChI=1S/C17H28N4OS.HI/c1-13-7-8-21(12-14(13)2)17(19-11-16(22)20(3)4)18-10-15-6-5-9-23-15;/h5-6,9,13-14H,7-8,10-12H2,1-4H3,(H,18,19);1H. The van der Waals surface area contributed by atoms with Crippen molar-refractivity contribution in [2.45, 2.75) is 26.8 Å². The molecule has 1 aromatic heterocycles. The summed E-state index contributed by atoms with van der Waals surface area (Å²) in [5.74, 6) is 2.27. The second kappa shape index (κ2) is 10.2. The number of hydrogen-bond donors (Lipinski definition) is 1. The van der Waals surface area contributed by atoms with Gasteiger partial charge in [-0.2, -0.15) is 0 Å². The highest BCUT2D eigenvalue weighted by Gasteiger charge is 2.25. The Hall–Kier alpha value is -0.830. The van der Waals surface area contributed by atoms with Crippen LogP contribution in [0.2, 0.25) is 0 Å². The fourth-order valence-corrected chi connectivity index (χ4v) is 3.23. The van der Waals surface area contributed by atoms with E-state index in [1.54, 1.807) is 30.3 Å². The first-order valence-electron chi connectivity index (χ1n) is 8.23. The number of likely N-dealkylation sites (N-methyl/N-ethyl adjacent to an activating group) is 1. The summed E-state index contributed by atoms with van der Waals surface area (Å²) in [4.78, 5) is 21.6. The Morgan fingerprint density at radius 3 is 2.75 bits per heavy atom. The number of amides is 1. The van der Waals surface area contributed by atoms with Crippen molar-refractivity contribution in [1.29, 1.82) is 0 Å². The second-order valence-corrected chi connectivity index (χ2v) is 7.58. The van der Waals surface area contributed by atoms with Gasteiger partial charge >= 0.3 is 0 Å². The number of guanidine groups is 1. The van der Waals surface area contributed by atoms with Gasteiger partial charge in [-0.05, 0) is 29.7 Å². The van der Waals surface area contributed by atoms with Crippen LogP contribution in [0.4, 0.5) is 0 Å². The van der Waals surface area contributed by atoms with Crippen LogP contribution in [0, 0.1) is 11.8 Å². The van der Waals surface area contributed by atoms with Gasteiger partial charge in [-0.3, -0.25) is 4.79 Å².